The molecule has 1 fully saturated rings. The number of morpholine rings is 1. The van der Waals surface area contributed by atoms with Crippen molar-refractivity contribution in [1.29, 1.82) is 0 Å². The Bertz CT molecular complexity index is 1160. The van der Waals surface area contributed by atoms with E-state index in [2.05, 4.69) is 20.5 Å². The summed E-state index contributed by atoms with van der Waals surface area (Å²) in [4.78, 5) is 26.5. The molecular weight excluding hydrogens is 435 g/mol. The van der Waals surface area contributed by atoms with Crippen LogP contribution in [0.15, 0.2) is 36.5 Å². The summed E-state index contributed by atoms with van der Waals surface area (Å²) in [5.41, 5.74) is 3.95. The molecule has 0 bridgehead atoms. The maximum atomic E-state index is 14.0. The summed E-state index contributed by atoms with van der Waals surface area (Å²) in [6.45, 7) is 6.21. The first-order valence-corrected chi connectivity index (χ1v) is 11.5. The molecule has 2 N–H and O–H groups in total. The number of rotatable bonds is 8. The van der Waals surface area contributed by atoms with Crippen LogP contribution >= 0.6 is 0 Å². The number of hydrogen-bond acceptors (Lipinski definition) is 7. The summed E-state index contributed by atoms with van der Waals surface area (Å²) in [5.74, 6) is 0.353. The first-order chi connectivity index (χ1) is 16.4. The highest BCUT2D eigenvalue weighted by molar-refractivity contribution is 5.98. The number of hydrogen-bond donors (Lipinski definition) is 2. The lowest BCUT2D eigenvalue weighted by Gasteiger charge is -2.27. The molecule has 0 aliphatic carbocycles. The highest BCUT2D eigenvalue weighted by Crippen LogP contribution is 2.24. The zero-order valence-corrected chi connectivity index (χ0v) is 19.9. The first kappa shape index (κ1) is 23.8. The average Bonchev–Trinajstić information content (AvgIpc) is 2.84. The Kier molecular flexibility index (Phi) is 7.54. The van der Waals surface area contributed by atoms with Crippen LogP contribution in [0.5, 0.6) is 0 Å². The normalized spacial score (nSPS) is 14.0. The maximum absolute atomic E-state index is 14.0. The van der Waals surface area contributed by atoms with Crippen molar-refractivity contribution in [2.75, 3.05) is 63.7 Å². The molecule has 34 heavy (non-hydrogen) atoms. The van der Waals surface area contributed by atoms with E-state index in [4.69, 9.17) is 9.72 Å². The van der Waals surface area contributed by atoms with Gasteiger partial charge in [-0.25, -0.2) is 9.37 Å². The quantitative estimate of drug-likeness (QED) is 0.528. The fourth-order valence-electron chi connectivity index (χ4n) is 3.87. The van der Waals surface area contributed by atoms with Crippen molar-refractivity contribution < 1.29 is 13.9 Å². The molecule has 9 heteroatoms. The highest BCUT2D eigenvalue weighted by Gasteiger charge is 2.17. The molecule has 0 spiro atoms. The van der Waals surface area contributed by atoms with E-state index in [0.29, 0.717) is 48.6 Å². The fraction of sp³-hybridized carbons (Fsp3) is 0.400. The Labute approximate surface area is 199 Å². The molecule has 1 saturated heterocycles. The Morgan fingerprint density at radius 1 is 1.24 bits per heavy atom. The largest absolute Gasteiger partial charge is 0.381 e. The number of likely N-dealkylation sites (N-methyl/N-ethyl adjacent to an activating group) is 1. The van der Waals surface area contributed by atoms with Crippen molar-refractivity contribution >= 4 is 28.4 Å². The molecule has 1 aliphatic rings. The third kappa shape index (κ3) is 5.60. The lowest BCUT2D eigenvalue weighted by molar-refractivity contribution is 0.0951. The summed E-state index contributed by atoms with van der Waals surface area (Å²) >= 11 is 0. The van der Waals surface area contributed by atoms with Crippen LogP contribution in [-0.4, -0.2) is 74.3 Å². The van der Waals surface area contributed by atoms with Crippen LogP contribution < -0.4 is 15.5 Å². The number of amides is 1. The van der Waals surface area contributed by atoms with E-state index >= 15 is 0 Å². The first-order valence-electron chi connectivity index (χ1n) is 11.5. The molecular formula is C25H31FN6O2. The van der Waals surface area contributed by atoms with Gasteiger partial charge in [-0.2, -0.15) is 0 Å². The second kappa shape index (κ2) is 10.8. The molecule has 1 amide bonds. The lowest BCUT2D eigenvalue weighted by atomic mass is 10.1. The second-order valence-electron chi connectivity index (χ2n) is 8.66. The van der Waals surface area contributed by atoms with Gasteiger partial charge in [0.2, 0.25) is 0 Å². The molecule has 4 rings (SSSR count). The third-order valence-corrected chi connectivity index (χ3v) is 5.89. The number of ether oxygens (including phenoxy) is 1. The zero-order chi connectivity index (χ0) is 24.1. The minimum absolute atomic E-state index is 0.161. The zero-order valence-electron chi connectivity index (χ0n) is 19.9. The smallest absolute Gasteiger partial charge is 0.251 e. The SMILES string of the molecule is Cc1c(F)cccc1NCc1cc(C(=O)NCCN(C)C)cc2ncc(N3CCOCC3)nc12. The van der Waals surface area contributed by atoms with Gasteiger partial charge in [-0.05, 0) is 50.8 Å². The van der Waals surface area contributed by atoms with Gasteiger partial charge in [0.15, 0.2) is 0 Å². The standard InChI is InChI=1S/C25H31FN6O2/c1-17-20(26)5-4-6-21(17)28-15-19-13-18(25(33)27-7-8-31(2)3)14-22-24(19)30-23(16-29-22)32-9-11-34-12-10-32/h4-6,13-14,16,28H,7-12,15H2,1-3H3,(H,27,33). The molecule has 0 saturated carbocycles. The summed E-state index contributed by atoms with van der Waals surface area (Å²) < 4.78 is 19.5. The molecule has 2 aromatic carbocycles. The summed E-state index contributed by atoms with van der Waals surface area (Å²) in [6.07, 6.45) is 1.75. The molecule has 2 heterocycles. The average molecular weight is 467 g/mol. The van der Waals surface area contributed by atoms with Crippen LogP contribution in [0.4, 0.5) is 15.9 Å². The van der Waals surface area contributed by atoms with E-state index in [-0.39, 0.29) is 11.7 Å². The molecule has 0 radical (unpaired) electrons. The predicted octanol–water partition coefficient (Wildman–Crippen LogP) is 2.82. The van der Waals surface area contributed by atoms with E-state index in [9.17, 15) is 9.18 Å². The van der Waals surface area contributed by atoms with Gasteiger partial charge in [-0.1, -0.05) is 6.07 Å². The Balaban J connectivity index is 1.66. The molecule has 8 nitrogen and oxygen atoms in total. The van der Waals surface area contributed by atoms with Crippen LogP contribution in [0.3, 0.4) is 0 Å². The van der Waals surface area contributed by atoms with Crippen LogP contribution in [0.25, 0.3) is 11.0 Å². The number of carbonyl (C=O) groups excluding carboxylic acids is 1. The van der Waals surface area contributed by atoms with Crippen molar-refractivity contribution in [3.63, 3.8) is 0 Å². The summed E-state index contributed by atoms with van der Waals surface area (Å²) in [7, 11) is 3.92. The number of carbonyl (C=O) groups is 1. The number of nitrogens with zero attached hydrogens (tertiary/aromatic N) is 4. The van der Waals surface area contributed by atoms with Gasteiger partial charge in [-0.3, -0.25) is 9.78 Å². The topological polar surface area (TPSA) is 82.6 Å². The Morgan fingerprint density at radius 2 is 2.03 bits per heavy atom. The van der Waals surface area contributed by atoms with E-state index in [1.807, 2.05) is 31.1 Å². The molecule has 1 aromatic heterocycles. The van der Waals surface area contributed by atoms with Gasteiger partial charge >= 0.3 is 0 Å². The van der Waals surface area contributed by atoms with Crippen LogP contribution in [-0.2, 0) is 11.3 Å². The fourth-order valence-corrected chi connectivity index (χ4v) is 3.87. The van der Waals surface area contributed by atoms with Crippen LogP contribution in [0.1, 0.15) is 21.5 Å². The van der Waals surface area contributed by atoms with E-state index in [1.54, 1.807) is 25.3 Å². The lowest BCUT2D eigenvalue weighted by Crippen LogP contribution is -2.36. The van der Waals surface area contributed by atoms with Crippen LogP contribution in [0, 0.1) is 12.7 Å². The van der Waals surface area contributed by atoms with Gasteiger partial charge in [0.25, 0.3) is 5.91 Å². The van der Waals surface area contributed by atoms with Gasteiger partial charge < -0.3 is 25.2 Å². The maximum Gasteiger partial charge on any atom is 0.251 e. The van der Waals surface area contributed by atoms with Gasteiger partial charge in [0.1, 0.15) is 11.6 Å². The Morgan fingerprint density at radius 3 is 2.79 bits per heavy atom. The van der Waals surface area contributed by atoms with Crippen molar-refractivity contribution in [3.8, 4) is 0 Å². The minimum atomic E-state index is -0.265. The number of nitrogens with one attached hydrogen (secondary N) is 2. The number of fused-ring (bicyclic) bond motifs is 1. The van der Waals surface area contributed by atoms with E-state index < -0.39 is 0 Å². The summed E-state index contributed by atoms with van der Waals surface area (Å²) in [6, 6.07) is 8.56. The van der Waals surface area contributed by atoms with E-state index in [1.165, 1.54) is 6.07 Å². The van der Waals surface area contributed by atoms with E-state index in [0.717, 1.165) is 36.5 Å². The highest BCUT2D eigenvalue weighted by atomic mass is 19.1. The van der Waals surface area contributed by atoms with Gasteiger partial charge in [-0.15, -0.1) is 0 Å². The predicted molar refractivity (Wildman–Crippen MR) is 132 cm³/mol. The minimum Gasteiger partial charge on any atom is -0.381 e. The van der Waals surface area contributed by atoms with Crippen molar-refractivity contribution in [2.45, 2.75) is 13.5 Å². The molecule has 0 atom stereocenters. The van der Waals surface area contributed by atoms with Gasteiger partial charge in [0.05, 0.1) is 30.4 Å². The molecule has 0 unspecified atom stereocenters. The number of anilines is 2. The number of benzene rings is 2. The number of halogens is 1. The van der Waals surface area contributed by atoms with Crippen molar-refractivity contribution in [2.24, 2.45) is 0 Å². The molecule has 1 aliphatic heterocycles. The summed E-state index contributed by atoms with van der Waals surface area (Å²) in [5, 5.41) is 6.26. The Hall–Kier alpha value is -3.30. The van der Waals surface area contributed by atoms with Crippen LogP contribution in [0.2, 0.25) is 0 Å². The molecule has 180 valence electrons. The molecule has 3 aromatic rings. The second-order valence-corrected chi connectivity index (χ2v) is 8.66. The number of aromatic nitrogens is 2. The van der Waals surface area contributed by atoms with Crippen molar-refractivity contribution in [3.05, 3.63) is 59.0 Å². The van der Waals surface area contributed by atoms with Gasteiger partial charge in [0, 0.05) is 49.5 Å². The monoisotopic (exact) mass is 466 g/mol. The van der Waals surface area contributed by atoms with Crippen molar-refractivity contribution in [1.82, 2.24) is 20.2 Å². The third-order valence-electron chi connectivity index (χ3n) is 5.89.